The van der Waals surface area contributed by atoms with Gasteiger partial charge in [-0.3, -0.25) is 9.88 Å². The van der Waals surface area contributed by atoms with Crippen LogP contribution in [0, 0.1) is 6.92 Å². The fourth-order valence-corrected chi connectivity index (χ4v) is 3.47. The van der Waals surface area contributed by atoms with E-state index in [9.17, 15) is 0 Å². The fraction of sp³-hybridized carbons (Fsp3) is 0.688. The summed E-state index contributed by atoms with van der Waals surface area (Å²) < 4.78 is 11.9. The van der Waals surface area contributed by atoms with Crippen molar-refractivity contribution in [3.8, 4) is 0 Å². The monoisotopic (exact) mass is 276 g/mol. The summed E-state index contributed by atoms with van der Waals surface area (Å²) in [6.07, 6.45) is 2.80. The lowest BCUT2D eigenvalue weighted by Crippen LogP contribution is -2.43. The molecule has 0 N–H and O–H groups in total. The van der Waals surface area contributed by atoms with Gasteiger partial charge in [0.05, 0.1) is 24.5 Å². The van der Waals surface area contributed by atoms with Crippen LogP contribution in [0.2, 0.25) is 0 Å². The molecule has 1 aromatic heterocycles. The van der Waals surface area contributed by atoms with Crippen molar-refractivity contribution in [2.24, 2.45) is 0 Å². The van der Waals surface area contributed by atoms with E-state index in [2.05, 4.69) is 28.9 Å². The minimum Gasteiger partial charge on any atom is -0.374 e. The van der Waals surface area contributed by atoms with Gasteiger partial charge in [-0.2, -0.15) is 0 Å². The van der Waals surface area contributed by atoms with E-state index in [0.29, 0.717) is 6.04 Å². The number of rotatable bonds is 4. The normalized spacial score (nSPS) is 30.4. The van der Waals surface area contributed by atoms with E-state index < -0.39 is 0 Å². The van der Waals surface area contributed by atoms with Gasteiger partial charge in [-0.1, -0.05) is 6.07 Å². The number of hydrogen-bond donors (Lipinski definition) is 0. The third kappa shape index (κ3) is 2.87. The second-order valence-corrected chi connectivity index (χ2v) is 5.71. The molecule has 110 valence electrons. The number of aryl methyl sites for hydroxylation is 1. The van der Waals surface area contributed by atoms with E-state index in [0.717, 1.165) is 44.1 Å². The Labute approximate surface area is 121 Å². The average Bonchev–Trinajstić information content (AvgIpc) is 2.72. The number of hydrogen-bond acceptors (Lipinski definition) is 4. The Kier molecular flexibility index (Phi) is 4.34. The zero-order valence-electron chi connectivity index (χ0n) is 12.4. The molecule has 2 bridgehead atoms. The molecule has 1 aliphatic heterocycles. The summed E-state index contributed by atoms with van der Waals surface area (Å²) in [5.41, 5.74) is 2.23. The van der Waals surface area contributed by atoms with E-state index in [1.54, 1.807) is 0 Å². The molecule has 4 heteroatoms. The quantitative estimate of drug-likeness (QED) is 0.844. The minimum atomic E-state index is 0.229. The lowest BCUT2D eigenvalue weighted by Gasteiger charge is -2.30. The largest absolute Gasteiger partial charge is 0.374 e. The van der Waals surface area contributed by atoms with Crippen molar-refractivity contribution >= 4 is 0 Å². The lowest BCUT2D eigenvalue weighted by atomic mass is 10.1. The van der Waals surface area contributed by atoms with Gasteiger partial charge in [-0.05, 0) is 38.8 Å². The molecule has 1 saturated heterocycles. The molecule has 0 unspecified atom stereocenters. The molecule has 3 rings (SSSR count). The molecule has 1 saturated carbocycles. The van der Waals surface area contributed by atoms with Crippen molar-refractivity contribution in [2.75, 3.05) is 19.8 Å². The molecule has 2 heterocycles. The van der Waals surface area contributed by atoms with E-state index in [1.807, 2.05) is 13.0 Å². The molecule has 20 heavy (non-hydrogen) atoms. The molecule has 0 radical (unpaired) electrons. The van der Waals surface area contributed by atoms with Crippen molar-refractivity contribution in [1.82, 2.24) is 9.88 Å². The lowest BCUT2D eigenvalue weighted by molar-refractivity contribution is -0.0498. The van der Waals surface area contributed by atoms with Crippen LogP contribution >= 0.6 is 0 Å². The van der Waals surface area contributed by atoms with Crippen LogP contribution in [0.15, 0.2) is 18.2 Å². The van der Waals surface area contributed by atoms with Gasteiger partial charge in [0.1, 0.15) is 0 Å². The van der Waals surface area contributed by atoms with Crippen LogP contribution in [0.25, 0.3) is 0 Å². The van der Waals surface area contributed by atoms with E-state index in [1.165, 1.54) is 6.42 Å². The maximum absolute atomic E-state index is 5.96. The van der Waals surface area contributed by atoms with E-state index in [-0.39, 0.29) is 12.2 Å². The van der Waals surface area contributed by atoms with Gasteiger partial charge < -0.3 is 9.47 Å². The zero-order chi connectivity index (χ0) is 13.9. The molecule has 0 amide bonds. The molecule has 0 aromatic carbocycles. The standard InChI is InChI=1S/C16H24N2O2/c1-3-19-16-14-7-8-15(16)20-10-9-18(14)11-13-6-4-5-12(2)17-13/h4-6,14-16H,3,7-11H2,1-2H3/t14-,15-,16-/m1/s1. The van der Waals surface area contributed by atoms with Crippen LogP contribution in [0.3, 0.4) is 0 Å². The Balaban J connectivity index is 1.74. The van der Waals surface area contributed by atoms with Crippen molar-refractivity contribution in [3.63, 3.8) is 0 Å². The first-order valence-electron chi connectivity index (χ1n) is 7.67. The third-order valence-corrected chi connectivity index (χ3v) is 4.34. The summed E-state index contributed by atoms with van der Waals surface area (Å²) in [4.78, 5) is 7.12. The Morgan fingerprint density at radius 2 is 2.30 bits per heavy atom. The van der Waals surface area contributed by atoms with Crippen LogP contribution in [0.5, 0.6) is 0 Å². The van der Waals surface area contributed by atoms with Crippen molar-refractivity contribution in [3.05, 3.63) is 29.6 Å². The Bertz CT molecular complexity index is 452. The van der Waals surface area contributed by atoms with Gasteiger partial charge in [0, 0.05) is 31.4 Å². The minimum absolute atomic E-state index is 0.229. The smallest absolute Gasteiger partial charge is 0.0991 e. The molecule has 0 spiro atoms. The predicted octanol–water partition coefficient (Wildman–Crippen LogP) is 2.16. The number of ether oxygens (including phenoxy) is 2. The third-order valence-electron chi connectivity index (χ3n) is 4.34. The average molecular weight is 276 g/mol. The predicted molar refractivity (Wildman–Crippen MR) is 77.6 cm³/mol. The fourth-order valence-electron chi connectivity index (χ4n) is 3.47. The first-order valence-corrected chi connectivity index (χ1v) is 7.67. The molecule has 1 aliphatic carbocycles. The van der Waals surface area contributed by atoms with E-state index >= 15 is 0 Å². The maximum Gasteiger partial charge on any atom is 0.0991 e. The summed E-state index contributed by atoms with van der Waals surface area (Å²) in [5.74, 6) is 0. The van der Waals surface area contributed by atoms with Crippen molar-refractivity contribution < 1.29 is 9.47 Å². The van der Waals surface area contributed by atoms with Crippen molar-refractivity contribution in [1.29, 1.82) is 0 Å². The van der Waals surface area contributed by atoms with Crippen LogP contribution < -0.4 is 0 Å². The highest BCUT2D eigenvalue weighted by Crippen LogP contribution is 2.32. The number of nitrogens with zero attached hydrogens (tertiary/aromatic N) is 2. The number of pyridine rings is 1. The topological polar surface area (TPSA) is 34.6 Å². The summed E-state index contributed by atoms with van der Waals surface area (Å²) in [7, 11) is 0. The molecule has 2 fully saturated rings. The van der Waals surface area contributed by atoms with Gasteiger partial charge in [0.2, 0.25) is 0 Å². The summed E-state index contributed by atoms with van der Waals surface area (Å²) >= 11 is 0. The molecular weight excluding hydrogens is 252 g/mol. The Hall–Kier alpha value is -0.970. The molecule has 3 atom stereocenters. The van der Waals surface area contributed by atoms with Crippen LogP contribution in [-0.2, 0) is 16.0 Å². The van der Waals surface area contributed by atoms with Gasteiger partial charge in [-0.15, -0.1) is 0 Å². The van der Waals surface area contributed by atoms with Gasteiger partial charge in [0.25, 0.3) is 0 Å². The van der Waals surface area contributed by atoms with Crippen LogP contribution in [-0.4, -0.2) is 47.9 Å². The van der Waals surface area contributed by atoms with E-state index in [4.69, 9.17) is 9.47 Å². The molecule has 2 aliphatic rings. The Morgan fingerprint density at radius 3 is 3.10 bits per heavy atom. The first kappa shape index (κ1) is 14.0. The highest BCUT2D eigenvalue weighted by atomic mass is 16.5. The summed E-state index contributed by atoms with van der Waals surface area (Å²) in [5, 5.41) is 0. The summed E-state index contributed by atoms with van der Waals surface area (Å²) in [6.45, 7) is 7.54. The first-order chi connectivity index (χ1) is 9.78. The van der Waals surface area contributed by atoms with Gasteiger partial charge in [0.15, 0.2) is 0 Å². The Morgan fingerprint density at radius 1 is 1.40 bits per heavy atom. The second kappa shape index (κ2) is 6.20. The second-order valence-electron chi connectivity index (χ2n) is 5.71. The molecule has 4 nitrogen and oxygen atoms in total. The molecule has 1 aromatic rings. The van der Waals surface area contributed by atoms with Gasteiger partial charge in [-0.25, -0.2) is 0 Å². The highest BCUT2D eigenvalue weighted by Gasteiger charge is 2.42. The summed E-state index contributed by atoms with van der Waals surface area (Å²) in [6, 6.07) is 6.72. The van der Waals surface area contributed by atoms with Crippen LogP contribution in [0.1, 0.15) is 31.2 Å². The SMILES string of the molecule is CCO[C@@H]1[C@H]2CC[C@H]1OCCN2Cc1cccc(C)n1. The number of aromatic nitrogens is 1. The zero-order valence-corrected chi connectivity index (χ0v) is 12.4. The van der Waals surface area contributed by atoms with Crippen LogP contribution in [0.4, 0.5) is 0 Å². The van der Waals surface area contributed by atoms with Gasteiger partial charge >= 0.3 is 0 Å². The maximum atomic E-state index is 5.96. The van der Waals surface area contributed by atoms with Crippen molar-refractivity contribution in [2.45, 2.75) is 51.5 Å². The highest BCUT2D eigenvalue weighted by molar-refractivity contribution is 5.10. The molecular formula is C16H24N2O2. The number of fused-ring (bicyclic) bond motifs is 2.